The molecule has 1 unspecified atom stereocenters. The molecule has 0 spiro atoms. The molecule has 0 N–H and O–H groups in total. The van der Waals surface area contributed by atoms with E-state index in [-0.39, 0.29) is 11.5 Å². The molecule has 1 saturated heterocycles. The fourth-order valence-electron chi connectivity index (χ4n) is 1.42. The summed E-state index contributed by atoms with van der Waals surface area (Å²) in [5.41, 5.74) is -1.49. The molecule has 0 aromatic rings. The van der Waals surface area contributed by atoms with E-state index in [1.807, 2.05) is 0 Å². The van der Waals surface area contributed by atoms with Gasteiger partial charge in [0, 0.05) is 0 Å². The third-order valence-electron chi connectivity index (χ3n) is 1.92. The molecule has 0 aromatic heterocycles. The van der Waals surface area contributed by atoms with Crippen LogP contribution in [0.15, 0.2) is 0 Å². The van der Waals surface area contributed by atoms with Crippen molar-refractivity contribution in [2.45, 2.75) is 31.9 Å². The smallest absolute Gasteiger partial charge is 0.153 e. The Morgan fingerprint density at radius 2 is 2.00 bits per heavy atom. The van der Waals surface area contributed by atoms with Gasteiger partial charge in [-0.15, -0.1) is 0 Å². The van der Waals surface area contributed by atoms with E-state index in [1.165, 1.54) is 6.92 Å². The summed E-state index contributed by atoms with van der Waals surface area (Å²) >= 11 is 0. The lowest BCUT2D eigenvalue weighted by Gasteiger charge is -2.15. The number of alkyl halides is 1. The van der Waals surface area contributed by atoms with Crippen molar-refractivity contribution in [3.8, 4) is 0 Å². The van der Waals surface area contributed by atoms with E-state index in [9.17, 15) is 12.8 Å². The van der Waals surface area contributed by atoms with E-state index < -0.39 is 15.5 Å². The second kappa shape index (κ2) is 2.73. The molecule has 0 bridgehead atoms. The normalized spacial score (nSPS) is 38.0. The third-order valence-corrected chi connectivity index (χ3v) is 3.88. The minimum Gasteiger partial charge on any atom is -0.243 e. The van der Waals surface area contributed by atoms with Crippen LogP contribution in [0.4, 0.5) is 4.39 Å². The minimum atomic E-state index is -3.10. The van der Waals surface area contributed by atoms with Crippen LogP contribution in [0.25, 0.3) is 0 Å². The topological polar surface area (TPSA) is 34.1 Å². The molecule has 1 aliphatic rings. The van der Waals surface area contributed by atoms with Gasteiger partial charge in [-0.2, -0.15) is 0 Å². The van der Waals surface area contributed by atoms with E-state index in [0.29, 0.717) is 19.3 Å². The summed E-state index contributed by atoms with van der Waals surface area (Å²) in [5.74, 6) is -0.132. The van der Waals surface area contributed by atoms with Crippen molar-refractivity contribution in [2.24, 2.45) is 0 Å². The fraction of sp³-hybridized carbons (Fsp3) is 1.00. The van der Waals surface area contributed by atoms with Crippen molar-refractivity contribution in [1.82, 2.24) is 0 Å². The van der Waals surface area contributed by atoms with E-state index in [2.05, 4.69) is 0 Å². The molecule has 11 heavy (non-hydrogen) atoms. The summed E-state index contributed by atoms with van der Waals surface area (Å²) in [4.78, 5) is 0. The standard InChI is InChI=1S/C7H13FO2S/c1-7(8)4-2-3-5-11(9,10)6-7/h2-6H2,1H3. The van der Waals surface area contributed by atoms with E-state index in [1.54, 1.807) is 0 Å². The monoisotopic (exact) mass is 180 g/mol. The second-order valence-corrected chi connectivity index (χ2v) is 5.65. The van der Waals surface area contributed by atoms with Gasteiger partial charge in [0.1, 0.15) is 5.67 Å². The van der Waals surface area contributed by atoms with Gasteiger partial charge in [-0.25, -0.2) is 12.8 Å². The van der Waals surface area contributed by atoms with Crippen LogP contribution < -0.4 is 0 Å². The summed E-state index contributed by atoms with van der Waals surface area (Å²) in [7, 11) is -3.10. The van der Waals surface area contributed by atoms with E-state index >= 15 is 0 Å². The average molecular weight is 180 g/mol. The lowest BCUT2D eigenvalue weighted by molar-refractivity contribution is 0.204. The van der Waals surface area contributed by atoms with Crippen molar-refractivity contribution in [3.63, 3.8) is 0 Å². The largest absolute Gasteiger partial charge is 0.243 e. The molecule has 1 aliphatic heterocycles. The van der Waals surface area contributed by atoms with Gasteiger partial charge in [-0.3, -0.25) is 0 Å². The van der Waals surface area contributed by atoms with Crippen LogP contribution in [0.5, 0.6) is 0 Å². The van der Waals surface area contributed by atoms with E-state index in [0.717, 1.165) is 0 Å². The molecule has 0 aromatic carbocycles. The number of sulfone groups is 1. The van der Waals surface area contributed by atoms with E-state index in [4.69, 9.17) is 0 Å². The maximum atomic E-state index is 13.2. The number of rotatable bonds is 0. The number of hydrogen-bond donors (Lipinski definition) is 0. The highest BCUT2D eigenvalue weighted by Crippen LogP contribution is 2.25. The van der Waals surface area contributed by atoms with Gasteiger partial charge >= 0.3 is 0 Å². The average Bonchev–Trinajstić information content (AvgIpc) is 1.86. The lowest BCUT2D eigenvalue weighted by atomic mass is 10.0. The molecular formula is C7H13FO2S. The Morgan fingerprint density at radius 1 is 1.36 bits per heavy atom. The van der Waals surface area contributed by atoms with Crippen molar-refractivity contribution >= 4 is 9.84 Å². The molecule has 1 heterocycles. The SMILES string of the molecule is CC1(F)CCCCS(=O)(=O)C1. The van der Waals surface area contributed by atoms with Crippen LogP contribution in [0.2, 0.25) is 0 Å². The molecule has 1 atom stereocenters. The quantitative estimate of drug-likeness (QED) is 0.563. The third kappa shape index (κ3) is 2.77. The van der Waals surface area contributed by atoms with Crippen LogP contribution in [0, 0.1) is 0 Å². The Bertz CT molecular complexity index is 231. The molecule has 0 amide bonds. The number of hydrogen-bond acceptors (Lipinski definition) is 2. The molecule has 0 radical (unpaired) electrons. The highest BCUT2D eigenvalue weighted by Gasteiger charge is 2.32. The second-order valence-electron chi connectivity index (χ2n) is 3.46. The highest BCUT2D eigenvalue weighted by molar-refractivity contribution is 7.91. The summed E-state index contributed by atoms with van der Waals surface area (Å²) < 4.78 is 35.3. The Morgan fingerprint density at radius 3 is 2.64 bits per heavy atom. The zero-order chi connectivity index (χ0) is 8.54. The van der Waals surface area contributed by atoms with Crippen LogP contribution in [-0.4, -0.2) is 25.6 Å². The van der Waals surface area contributed by atoms with Gasteiger partial charge in [0.25, 0.3) is 0 Å². The van der Waals surface area contributed by atoms with Crippen molar-refractivity contribution in [3.05, 3.63) is 0 Å². The summed E-state index contributed by atoms with van der Waals surface area (Å²) in [6.07, 6.45) is 1.68. The molecule has 0 aliphatic carbocycles. The molecular weight excluding hydrogens is 167 g/mol. The van der Waals surface area contributed by atoms with Crippen molar-refractivity contribution in [1.29, 1.82) is 0 Å². The van der Waals surface area contributed by atoms with Crippen molar-refractivity contribution in [2.75, 3.05) is 11.5 Å². The Kier molecular flexibility index (Phi) is 2.23. The van der Waals surface area contributed by atoms with Crippen LogP contribution in [0.1, 0.15) is 26.2 Å². The van der Waals surface area contributed by atoms with Crippen LogP contribution in [0.3, 0.4) is 0 Å². The summed E-state index contributed by atoms with van der Waals surface area (Å²) in [6.45, 7) is 1.37. The van der Waals surface area contributed by atoms with Gasteiger partial charge < -0.3 is 0 Å². The first-order valence-electron chi connectivity index (χ1n) is 3.81. The molecule has 0 saturated carbocycles. The predicted molar refractivity (Wildman–Crippen MR) is 42.0 cm³/mol. The van der Waals surface area contributed by atoms with Gasteiger partial charge in [-0.1, -0.05) is 0 Å². The van der Waals surface area contributed by atoms with Gasteiger partial charge in [-0.05, 0) is 26.2 Å². The number of halogens is 1. The highest BCUT2D eigenvalue weighted by atomic mass is 32.2. The first-order valence-corrected chi connectivity index (χ1v) is 5.63. The van der Waals surface area contributed by atoms with Crippen molar-refractivity contribution < 1.29 is 12.8 Å². The Balaban J connectivity index is 2.78. The lowest BCUT2D eigenvalue weighted by Crippen LogP contribution is -2.27. The first-order chi connectivity index (χ1) is 4.91. The van der Waals surface area contributed by atoms with Gasteiger partial charge in [0.05, 0.1) is 11.5 Å². The van der Waals surface area contributed by atoms with Crippen LogP contribution in [-0.2, 0) is 9.84 Å². The minimum absolute atomic E-state index is 0.159. The Labute approximate surface area is 66.7 Å². The van der Waals surface area contributed by atoms with Gasteiger partial charge in [0.15, 0.2) is 9.84 Å². The molecule has 1 fully saturated rings. The molecule has 1 rings (SSSR count). The van der Waals surface area contributed by atoms with Gasteiger partial charge in [0.2, 0.25) is 0 Å². The predicted octanol–water partition coefficient (Wildman–Crippen LogP) is 1.31. The molecule has 2 nitrogen and oxygen atoms in total. The summed E-state index contributed by atoms with van der Waals surface area (Å²) in [5, 5.41) is 0. The molecule has 66 valence electrons. The van der Waals surface area contributed by atoms with Crippen LogP contribution >= 0.6 is 0 Å². The maximum Gasteiger partial charge on any atom is 0.153 e. The summed E-state index contributed by atoms with van der Waals surface area (Å²) in [6, 6.07) is 0. The maximum absolute atomic E-state index is 13.2. The molecule has 4 heteroatoms. The zero-order valence-electron chi connectivity index (χ0n) is 6.64. The fourth-order valence-corrected chi connectivity index (χ4v) is 3.27. The zero-order valence-corrected chi connectivity index (χ0v) is 7.45. The first kappa shape index (κ1) is 8.97. The Hall–Kier alpha value is -0.120.